The van der Waals surface area contributed by atoms with Crippen molar-refractivity contribution in [2.24, 2.45) is 23.7 Å². The lowest BCUT2D eigenvalue weighted by molar-refractivity contribution is -0.251. The van der Waals surface area contributed by atoms with Crippen LogP contribution < -0.4 is 0 Å². The molecule has 1 aromatic carbocycles. The van der Waals surface area contributed by atoms with Gasteiger partial charge in [0, 0.05) is 11.6 Å². The van der Waals surface area contributed by atoms with Crippen LogP contribution in [-0.4, -0.2) is 27.5 Å². The molecule has 4 saturated carbocycles. The van der Waals surface area contributed by atoms with E-state index in [2.05, 4.69) is 10.0 Å². The van der Waals surface area contributed by atoms with Crippen LogP contribution in [0.2, 0.25) is 5.02 Å². The molecule has 0 atom stereocenters. The first-order valence-corrected chi connectivity index (χ1v) is 10.3. The van der Waals surface area contributed by atoms with Gasteiger partial charge >= 0.3 is 0 Å². The highest BCUT2D eigenvalue weighted by molar-refractivity contribution is 6.31. The van der Waals surface area contributed by atoms with Gasteiger partial charge in [-0.2, -0.15) is 5.01 Å². The SMILES string of the molecule is CC1(C)C(=O)N(C2C3CC4CC(C3)CC2C4)N1Cc1ccc(F)cc1Cl. The standard InChI is InChI=1S/C21H26ClFN2O/c1-21(2)20(26)25(24(21)11-14-3-4-17(23)10-18(14)22)19-15-6-12-5-13(8-15)9-16(19)7-12/h3-4,10,12-13,15-16,19H,5-9,11H2,1-2H3. The maximum atomic E-state index is 13.4. The third-order valence-electron chi connectivity index (χ3n) is 7.43. The van der Waals surface area contributed by atoms with Crippen LogP contribution in [-0.2, 0) is 11.3 Å². The van der Waals surface area contributed by atoms with Crippen LogP contribution in [0, 0.1) is 29.5 Å². The number of carbonyl (C=O) groups excluding carboxylic acids is 1. The van der Waals surface area contributed by atoms with Crippen molar-refractivity contribution in [2.75, 3.05) is 0 Å². The average molecular weight is 377 g/mol. The summed E-state index contributed by atoms with van der Waals surface area (Å²) in [5.41, 5.74) is 0.356. The topological polar surface area (TPSA) is 23.6 Å². The Morgan fingerprint density at radius 1 is 1.12 bits per heavy atom. The highest BCUT2D eigenvalue weighted by Crippen LogP contribution is 2.57. The smallest absolute Gasteiger partial charge is 0.258 e. The fraction of sp³-hybridized carbons (Fsp3) is 0.667. The first-order valence-electron chi connectivity index (χ1n) is 9.89. The maximum absolute atomic E-state index is 13.4. The monoisotopic (exact) mass is 376 g/mol. The van der Waals surface area contributed by atoms with E-state index >= 15 is 0 Å². The zero-order valence-corrected chi connectivity index (χ0v) is 16.2. The Morgan fingerprint density at radius 2 is 1.73 bits per heavy atom. The first-order chi connectivity index (χ1) is 12.3. The largest absolute Gasteiger partial charge is 0.271 e. The highest BCUT2D eigenvalue weighted by atomic mass is 35.5. The van der Waals surface area contributed by atoms with Crippen LogP contribution in [0.1, 0.15) is 51.5 Å². The molecule has 1 heterocycles. The molecule has 0 spiro atoms. The van der Waals surface area contributed by atoms with Gasteiger partial charge in [-0.05, 0) is 87.3 Å². The molecule has 5 aliphatic rings. The van der Waals surface area contributed by atoms with Crippen molar-refractivity contribution in [3.63, 3.8) is 0 Å². The molecular formula is C21H26ClFN2O. The molecule has 4 bridgehead atoms. The summed E-state index contributed by atoms with van der Waals surface area (Å²) in [4.78, 5) is 13.0. The summed E-state index contributed by atoms with van der Waals surface area (Å²) < 4.78 is 13.4. The lowest BCUT2D eigenvalue weighted by Gasteiger charge is -2.65. The molecule has 1 aromatic rings. The molecule has 5 heteroatoms. The molecular weight excluding hydrogens is 351 g/mol. The van der Waals surface area contributed by atoms with E-state index in [1.54, 1.807) is 6.07 Å². The maximum Gasteiger partial charge on any atom is 0.258 e. The molecule has 26 heavy (non-hydrogen) atoms. The van der Waals surface area contributed by atoms with E-state index in [9.17, 15) is 9.18 Å². The molecule has 0 N–H and O–H groups in total. The minimum atomic E-state index is -0.521. The van der Waals surface area contributed by atoms with Gasteiger partial charge in [0.2, 0.25) is 0 Å². The van der Waals surface area contributed by atoms with E-state index in [0.717, 1.165) is 17.4 Å². The van der Waals surface area contributed by atoms with Gasteiger partial charge in [-0.1, -0.05) is 17.7 Å². The number of hydrogen-bond acceptors (Lipinski definition) is 2. The Hall–Kier alpha value is -1.13. The molecule has 1 saturated heterocycles. The molecule has 3 nitrogen and oxygen atoms in total. The van der Waals surface area contributed by atoms with Crippen LogP contribution in [0.3, 0.4) is 0 Å². The molecule has 0 unspecified atom stereocenters. The Morgan fingerprint density at radius 3 is 2.31 bits per heavy atom. The van der Waals surface area contributed by atoms with Crippen molar-refractivity contribution in [2.45, 2.75) is 64.1 Å². The van der Waals surface area contributed by atoms with Gasteiger partial charge in [-0.25, -0.2) is 4.39 Å². The number of benzene rings is 1. The predicted octanol–water partition coefficient (Wildman–Crippen LogP) is 4.64. The van der Waals surface area contributed by atoms with Gasteiger partial charge < -0.3 is 0 Å². The second-order valence-corrected chi connectivity index (χ2v) is 9.83. The van der Waals surface area contributed by atoms with E-state index in [4.69, 9.17) is 11.6 Å². The van der Waals surface area contributed by atoms with Crippen molar-refractivity contribution in [1.29, 1.82) is 0 Å². The van der Waals surface area contributed by atoms with Gasteiger partial charge in [0.15, 0.2) is 0 Å². The van der Waals surface area contributed by atoms with E-state index in [1.165, 1.54) is 44.2 Å². The molecule has 140 valence electrons. The summed E-state index contributed by atoms with van der Waals surface area (Å²) in [7, 11) is 0. The predicted molar refractivity (Wildman–Crippen MR) is 98.7 cm³/mol. The summed E-state index contributed by atoms with van der Waals surface area (Å²) in [6, 6.07) is 4.90. The first kappa shape index (κ1) is 17.0. The Kier molecular flexibility index (Phi) is 3.72. The quantitative estimate of drug-likeness (QED) is 0.767. The van der Waals surface area contributed by atoms with Crippen LogP contribution in [0.4, 0.5) is 4.39 Å². The zero-order chi connectivity index (χ0) is 18.2. The minimum Gasteiger partial charge on any atom is -0.271 e. The summed E-state index contributed by atoms with van der Waals surface area (Å²) in [5.74, 6) is 2.98. The molecule has 4 aliphatic carbocycles. The number of hydrazine groups is 1. The van der Waals surface area contributed by atoms with Crippen molar-refractivity contribution in [3.8, 4) is 0 Å². The molecule has 0 aromatic heterocycles. The fourth-order valence-corrected chi connectivity index (χ4v) is 6.63. The third kappa shape index (κ3) is 2.37. The van der Waals surface area contributed by atoms with Crippen molar-refractivity contribution in [1.82, 2.24) is 10.0 Å². The Labute approximate surface area is 159 Å². The zero-order valence-electron chi connectivity index (χ0n) is 15.4. The molecule has 6 rings (SSSR count). The summed E-state index contributed by atoms with van der Waals surface area (Å²) in [6.07, 6.45) is 6.55. The van der Waals surface area contributed by atoms with Gasteiger partial charge in [0.05, 0.1) is 6.04 Å². The second kappa shape index (κ2) is 5.68. The minimum absolute atomic E-state index is 0.230. The van der Waals surface area contributed by atoms with E-state index in [0.29, 0.717) is 29.4 Å². The summed E-state index contributed by atoms with van der Waals surface area (Å²) in [6.45, 7) is 4.53. The molecule has 1 amide bonds. The molecule has 0 radical (unpaired) electrons. The van der Waals surface area contributed by atoms with Crippen molar-refractivity contribution < 1.29 is 9.18 Å². The Bertz CT molecular complexity index is 736. The average Bonchev–Trinajstić information content (AvgIpc) is 2.57. The van der Waals surface area contributed by atoms with Crippen LogP contribution >= 0.6 is 11.6 Å². The number of hydrogen-bond donors (Lipinski definition) is 0. The lowest BCUT2D eigenvalue weighted by Crippen LogP contribution is -2.79. The summed E-state index contributed by atoms with van der Waals surface area (Å²) >= 11 is 6.27. The molecule has 5 fully saturated rings. The normalized spacial score (nSPS) is 37.9. The van der Waals surface area contributed by atoms with Gasteiger partial charge in [-0.15, -0.1) is 0 Å². The van der Waals surface area contributed by atoms with Gasteiger partial charge in [0.1, 0.15) is 11.4 Å². The molecule has 1 aliphatic heterocycles. The second-order valence-electron chi connectivity index (χ2n) is 9.42. The highest BCUT2D eigenvalue weighted by Gasteiger charge is 2.60. The van der Waals surface area contributed by atoms with Crippen LogP contribution in [0.15, 0.2) is 18.2 Å². The third-order valence-corrected chi connectivity index (χ3v) is 7.78. The fourth-order valence-electron chi connectivity index (χ4n) is 6.40. The number of amides is 1. The van der Waals surface area contributed by atoms with Crippen molar-refractivity contribution >= 4 is 17.5 Å². The van der Waals surface area contributed by atoms with E-state index in [1.807, 2.05) is 13.8 Å². The van der Waals surface area contributed by atoms with E-state index in [-0.39, 0.29) is 11.7 Å². The Balaban J connectivity index is 1.43. The number of halogens is 2. The number of rotatable bonds is 3. The van der Waals surface area contributed by atoms with Crippen molar-refractivity contribution in [3.05, 3.63) is 34.6 Å². The number of carbonyl (C=O) groups is 1. The van der Waals surface area contributed by atoms with Gasteiger partial charge in [0.25, 0.3) is 5.91 Å². The summed E-state index contributed by atoms with van der Waals surface area (Å²) in [5, 5.41) is 4.68. The van der Waals surface area contributed by atoms with Crippen LogP contribution in [0.25, 0.3) is 0 Å². The van der Waals surface area contributed by atoms with Gasteiger partial charge in [-0.3, -0.25) is 9.80 Å². The lowest BCUT2D eigenvalue weighted by atomic mass is 9.53. The van der Waals surface area contributed by atoms with E-state index < -0.39 is 5.54 Å². The number of nitrogens with zero attached hydrogens (tertiary/aromatic N) is 2. The van der Waals surface area contributed by atoms with Crippen LogP contribution in [0.5, 0.6) is 0 Å².